The lowest BCUT2D eigenvalue weighted by molar-refractivity contribution is 0.905. The molecule has 0 aliphatic rings. The zero-order valence-electron chi connectivity index (χ0n) is 10.7. The van der Waals surface area contributed by atoms with Gasteiger partial charge in [-0.3, -0.25) is 4.57 Å². The fourth-order valence-corrected chi connectivity index (χ4v) is 3.58. The summed E-state index contributed by atoms with van der Waals surface area (Å²) in [6.07, 6.45) is 2.41. The zero-order chi connectivity index (χ0) is 15.0. The first-order valence-corrected chi connectivity index (χ1v) is 8.93. The molecule has 3 aromatic rings. The number of aromatic nitrogens is 3. The molecule has 1 aromatic carbocycles. The van der Waals surface area contributed by atoms with Crippen LogP contribution in [0.2, 0.25) is 5.02 Å². The molecular weight excluding hydrogens is 488 g/mol. The van der Waals surface area contributed by atoms with Crippen LogP contribution in [0, 0.1) is 3.57 Å². The third-order valence-electron chi connectivity index (χ3n) is 3.00. The molecular formula is C14H9BrCl2IN3. The van der Waals surface area contributed by atoms with Gasteiger partial charge in [0.1, 0.15) is 11.3 Å². The molecule has 2 aromatic heterocycles. The molecule has 0 radical (unpaired) electrons. The predicted octanol–water partition coefficient (Wildman–Crippen LogP) is 5.22. The molecule has 0 atom stereocenters. The van der Waals surface area contributed by atoms with Crippen molar-refractivity contribution >= 4 is 72.9 Å². The van der Waals surface area contributed by atoms with Crippen molar-refractivity contribution in [1.82, 2.24) is 14.5 Å². The highest BCUT2D eigenvalue weighted by molar-refractivity contribution is 14.1. The number of benzene rings is 1. The van der Waals surface area contributed by atoms with E-state index in [1.54, 1.807) is 6.20 Å². The van der Waals surface area contributed by atoms with Crippen LogP contribution in [-0.2, 0) is 6.42 Å². The lowest BCUT2D eigenvalue weighted by Gasteiger charge is -2.10. The SMILES string of the molecule is ClCCc1nc2cc(Br)cnc2n1-c1ccc(I)cc1Cl. The van der Waals surface area contributed by atoms with E-state index in [0.29, 0.717) is 17.3 Å². The highest BCUT2D eigenvalue weighted by Gasteiger charge is 2.15. The van der Waals surface area contributed by atoms with E-state index in [2.05, 4.69) is 48.5 Å². The monoisotopic (exact) mass is 495 g/mol. The number of aryl methyl sites for hydroxylation is 1. The molecule has 0 aliphatic heterocycles. The second kappa shape index (κ2) is 6.40. The van der Waals surface area contributed by atoms with Gasteiger partial charge in [0.05, 0.1) is 10.7 Å². The van der Waals surface area contributed by atoms with Crippen LogP contribution in [0.4, 0.5) is 0 Å². The minimum absolute atomic E-state index is 0.493. The van der Waals surface area contributed by atoms with Crippen LogP contribution >= 0.6 is 61.7 Å². The van der Waals surface area contributed by atoms with Crippen LogP contribution in [-0.4, -0.2) is 20.4 Å². The largest absolute Gasteiger partial charge is 0.279 e. The molecule has 0 saturated carbocycles. The van der Waals surface area contributed by atoms with E-state index in [9.17, 15) is 0 Å². The van der Waals surface area contributed by atoms with Crippen molar-refractivity contribution in [3.05, 3.63) is 49.4 Å². The number of hydrogen-bond donors (Lipinski definition) is 0. The Balaban J connectivity index is 2.30. The van der Waals surface area contributed by atoms with Gasteiger partial charge in [0.15, 0.2) is 5.65 Å². The number of nitrogens with zero attached hydrogens (tertiary/aromatic N) is 3. The van der Waals surface area contributed by atoms with Crippen molar-refractivity contribution < 1.29 is 0 Å². The number of halogens is 4. The highest BCUT2D eigenvalue weighted by atomic mass is 127. The van der Waals surface area contributed by atoms with Crippen molar-refractivity contribution in [2.75, 3.05) is 5.88 Å². The van der Waals surface area contributed by atoms with Gasteiger partial charge in [-0.05, 0) is 62.8 Å². The molecule has 0 spiro atoms. The van der Waals surface area contributed by atoms with E-state index < -0.39 is 0 Å². The summed E-state index contributed by atoms with van der Waals surface area (Å²) < 4.78 is 3.95. The number of fused-ring (bicyclic) bond motifs is 1. The van der Waals surface area contributed by atoms with Gasteiger partial charge in [0.25, 0.3) is 0 Å². The Kier molecular flexibility index (Phi) is 4.73. The van der Waals surface area contributed by atoms with E-state index in [4.69, 9.17) is 23.2 Å². The number of pyridine rings is 1. The Morgan fingerprint density at radius 1 is 1.29 bits per heavy atom. The quantitative estimate of drug-likeness (QED) is 0.367. The molecule has 3 rings (SSSR count). The number of imidazole rings is 1. The maximum Gasteiger partial charge on any atom is 0.164 e. The molecule has 0 amide bonds. The van der Waals surface area contributed by atoms with Crippen LogP contribution in [0.3, 0.4) is 0 Å². The molecule has 0 saturated heterocycles. The van der Waals surface area contributed by atoms with Crippen molar-refractivity contribution in [2.24, 2.45) is 0 Å². The average Bonchev–Trinajstić information content (AvgIpc) is 2.76. The average molecular weight is 497 g/mol. The first kappa shape index (κ1) is 15.5. The van der Waals surface area contributed by atoms with E-state index in [1.165, 1.54) is 0 Å². The lowest BCUT2D eigenvalue weighted by Crippen LogP contribution is -2.03. The summed E-state index contributed by atoms with van der Waals surface area (Å²) in [5.74, 6) is 1.35. The first-order valence-electron chi connectivity index (χ1n) is 6.14. The topological polar surface area (TPSA) is 30.7 Å². The first-order chi connectivity index (χ1) is 10.1. The molecule has 3 nitrogen and oxygen atoms in total. The third kappa shape index (κ3) is 3.06. The Bertz CT molecular complexity index is 819. The van der Waals surface area contributed by atoms with Crippen LogP contribution < -0.4 is 0 Å². The minimum atomic E-state index is 0.493. The van der Waals surface area contributed by atoms with Crippen LogP contribution in [0.1, 0.15) is 5.82 Å². The summed E-state index contributed by atoms with van der Waals surface area (Å²) in [4.78, 5) is 9.10. The molecule has 21 heavy (non-hydrogen) atoms. The van der Waals surface area contributed by atoms with E-state index in [-0.39, 0.29) is 0 Å². The van der Waals surface area contributed by atoms with Gasteiger partial charge in [0.2, 0.25) is 0 Å². The maximum atomic E-state index is 6.40. The Morgan fingerprint density at radius 2 is 2.10 bits per heavy atom. The van der Waals surface area contributed by atoms with E-state index in [1.807, 2.05) is 28.8 Å². The third-order valence-corrected chi connectivity index (χ3v) is 4.60. The predicted molar refractivity (Wildman–Crippen MR) is 98.7 cm³/mol. The summed E-state index contributed by atoms with van der Waals surface area (Å²) >= 11 is 18.0. The highest BCUT2D eigenvalue weighted by Crippen LogP contribution is 2.28. The minimum Gasteiger partial charge on any atom is -0.279 e. The molecule has 0 N–H and O–H groups in total. The molecule has 0 bridgehead atoms. The number of rotatable bonds is 3. The fourth-order valence-electron chi connectivity index (χ4n) is 2.16. The van der Waals surface area contributed by atoms with Gasteiger partial charge in [-0.15, -0.1) is 11.6 Å². The Hall–Kier alpha value is -0.370. The summed E-state index contributed by atoms with van der Waals surface area (Å²) in [6, 6.07) is 7.85. The van der Waals surface area contributed by atoms with Crippen LogP contribution in [0.25, 0.3) is 16.9 Å². The van der Waals surface area contributed by atoms with Gasteiger partial charge in [-0.1, -0.05) is 11.6 Å². The second-order valence-electron chi connectivity index (χ2n) is 4.39. The van der Waals surface area contributed by atoms with E-state index >= 15 is 0 Å². The normalized spacial score (nSPS) is 11.2. The smallest absolute Gasteiger partial charge is 0.164 e. The van der Waals surface area contributed by atoms with Crippen molar-refractivity contribution in [1.29, 1.82) is 0 Å². The summed E-state index contributed by atoms with van der Waals surface area (Å²) in [7, 11) is 0. The van der Waals surface area contributed by atoms with Crippen LogP contribution in [0.15, 0.2) is 34.9 Å². The Morgan fingerprint density at radius 3 is 2.81 bits per heavy atom. The van der Waals surface area contributed by atoms with Gasteiger partial charge < -0.3 is 0 Å². The van der Waals surface area contributed by atoms with Gasteiger partial charge >= 0.3 is 0 Å². The second-order valence-corrected chi connectivity index (χ2v) is 7.34. The summed E-state index contributed by atoms with van der Waals surface area (Å²) in [5, 5.41) is 0.668. The van der Waals surface area contributed by atoms with Gasteiger partial charge in [-0.2, -0.15) is 0 Å². The molecule has 0 aliphatic carbocycles. The van der Waals surface area contributed by atoms with Gasteiger partial charge in [0, 0.05) is 26.5 Å². The standard InChI is InChI=1S/C14H9BrCl2IN3/c15-8-5-11-14(19-7-8)21(13(20-11)3-4-16)12-2-1-9(18)6-10(12)17/h1-2,5-7H,3-4H2. The molecule has 0 fully saturated rings. The fraction of sp³-hybridized carbons (Fsp3) is 0.143. The number of hydrogen-bond acceptors (Lipinski definition) is 2. The summed E-state index contributed by atoms with van der Waals surface area (Å²) in [5.41, 5.74) is 2.47. The molecule has 0 unspecified atom stereocenters. The number of alkyl halides is 1. The van der Waals surface area contributed by atoms with Crippen molar-refractivity contribution in [3.63, 3.8) is 0 Å². The van der Waals surface area contributed by atoms with Crippen LogP contribution in [0.5, 0.6) is 0 Å². The molecule has 108 valence electrons. The van der Waals surface area contributed by atoms with E-state index in [0.717, 1.165) is 30.7 Å². The lowest BCUT2D eigenvalue weighted by atomic mass is 10.3. The van der Waals surface area contributed by atoms with Crippen molar-refractivity contribution in [3.8, 4) is 5.69 Å². The van der Waals surface area contributed by atoms with Gasteiger partial charge in [-0.25, -0.2) is 9.97 Å². The maximum absolute atomic E-state index is 6.40. The molecule has 2 heterocycles. The van der Waals surface area contributed by atoms with Crippen molar-refractivity contribution in [2.45, 2.75) is 6.42 Å². The zero-order valence-corrected chi connectivity index (χ0v) is 15.9. The Labute approximate surface area is 153 Å². The summed E-state index contributed by atoms with van der Waals surface area (Å²) in [6.45, 7) is 0. The molecule has 7 heteroatoms.